The first-order valence-electron chi connectivity index (χ1n) is 8.08. The topological polar surface area (TPSA) is 79.5 Å². The number of carbonyl (C=O) groups excluding carboxylic acids is 2. The third-order valence-corrected chi connectivity index (χ3v) is 3.44. The van der Waals surface area contributed by atoms with Crippen molar-refractivity contribution in [1.29, 1.82) is 0 Å². The van der Waals surface area contributed by atoms with E-state index in [1.807, 2.05) is 13.8 Å². The maximum Gasteiger partial charge on any atom is 0.315 e. The Bertz CT molecular complexity index is 554. The first-order valence-corrected chi connectivity index (χ1v) is 8.08. The van der Waals surface area contributed by atoms with E-state index in [9.17, 15) is 14.0 Å². The summed E-state index contributed by atoms with van der Waals surface area (Å²) in [6, 6.07) is 4.63. The Hall–Kier alpha value is -2.31. The molecule has 3 atom stereocenters. The second-order valence-corrected chi connectivity index (χ2v) is 5.80. The van der Waals surface area contributed by atoms with Gasteiger partial charge in [-0.1, -0.05) is 19.1 Å². The van der Waals surface area contributed by atoms with Gasteiger partial charge in [-0.3, -0.25) is 4.79 Å². The molecular weight excluding hydrogens is 313 g/mol. The summed E-state index contributed by atoms with van der Waals surface area (Å²) >= 11 is 0. The molecule has 1 aromatic carbocycles. The SMILES string of the molecule is CC[C@H](C)NC(=O)[C@@H](C)NC(=O)N[C@H](C)COc1ccccc1F. The van der Waals surface area contributed by atoms with Crippen molar-refractivity contribution in [3.63, 3.8) is 0 Å². The van der Waals surface area contributed by atoms with E-state index >= 15 is 0 Å². The predicted molar refractivity (Wildman–Crippen MR) is 90.4 cm³/mol. The maximum atomic E-state index is 13.4. The van der Waals surface area contributed by atoms with Gasteiger partial charge in [0, 0.05) is 6.04 Å². The van der Waals surface area contributed by atoms with Crippen molar-refractivity contribution in [2.24, 2.45) is 0 Å². The second kappa shape index (κ2) is 9.75. The molecule has 0 aliphatic carbocycles. The van der Waals surface area contributed by atoms with E-state index in [2.05, 4.69) is 16.0 Å². The van der Waals surface area contributed by atoms with Gasteiger partial charge in [0.1, 0.15) is 12.6 Å². The molecule has 0 aromatic heterocycles. The number of benzene rings is 1. The fraction of sp³-hybridized carbons (Fsp3) is 0.529. The van der Waals surface area contributed by atoms with E-state index in [-0.39, 0.29) is 30.3 Å². The summed E-state index contributed by atoms with van der Waals surface area (Å²) in [6.07, 6.45) is 0.815. The molecule has 3 N–H and O–H groups in total. The third-order valence-electron chi connectivity index (χ3n) is 3.44. The molecule has 0 aliphatic rings. The zero-order chi connectivity index (χ0) is 18.1. The molecule has 134 valence electrons. The molecule has 0 fully saturated rings. The molecule has 0 spiro atoms. The van der Waals surface area contributed by atoms with Crippen LogP contribution in [0.25, 0.3) is 0 Å². The molecule has 0 bridgehead atoms. The maximum absolute atomic E-state index is 13.4. The lowest BCUT2D eigenvalue weighted by Gasteiger charge is -2.20. The van der Waals surface area contributed by atoms with Gasteiger partial charge in [0.25, 0.3) is 0 Å². The number of halogens is 1. The van der Waals surface area contributed by atoms with Crippen LogP contribution in [0.3, 0.4) is 0 Å². The summed E-state index contributed by atoms with van der Waals surface area (Å²) in [7, 11) is 0. The standard InChI is InChI=1S/C17H26FN3O3/c1-5-11(2)19-16(22)13(4)21-17(23)20-12(3)10-24-15-9-7-6-8-14(15)18/h6-9,11-13H,5,10H2,1-4H3,(H,19,22)(H2,20,21,23)/t11-,12+,13+/m0/s1. The summed E-state index contributed by atoms with van der Waals surface area (Å²) in [6.45, 7) is 7.31. The smallest absolute Gasteiger partial charge is 0.315 e. The van der Waals surface area contributed by atoms with Crippen LogP contribution in [0, 0.1) is 5.82 Å². The van der Waals surface area contributed by atoms with Crippen molar-refractivity contribution in [1.82, 2.24) is 16.0 Å². The molecule has 1 rings (SSSR count). The Morgan fingerprint density at radius 3 is 2.38 bits per heavy atom. The lowest BCUT2D eigenvalue weighted by molar-refractivity contribution is -0.123. The van der Waals surface area contributed by atoms with Gasteiger partial charge in [-0.15, -0.1) is 0 Å². The van der Waals surface area contributed by atoms with Crippen molar-refractivity contribution in [3.8, 4) is 5.75 Å². The Morgan fingerprint density at radius 2 is 1.75 bits per heavy atom. The van der Waals surface area contributed by atoms with Gasteiger partial charge in [-0.25, -0.2) is 9.18 Å². The Labute approximate surface area is 142 Å². The highest BCUT2D eigenvalue weighted by atomic mass is 19.1. The predicted octanol–water partition coefficient (Wildman–Crippen LogP) is 2.20. The number of amides is 3. The van der Waals surface area contributed by atoms with Gasteiger partial charge in [0.2, 0.25) is 5.91 Å². The fourth-order valence-electron chi connectivity index (χ4n) is 1.82. The first-order chi connectivity index (χ1) is 11.3. The van der Waals surface area contributed by atoms with Crippen LogP contribution < -0.4 is 20.7 Å². The van der Waals surface area contributed by atoms with Crippen LogP contribution in [-0.4, -0.2) is 36.7 Å². The quantitative estimate of drug-likeness (QED) is 0.679. The van der Waals surface area contributed by atoms with Crippen LogP contribution >= 0.6 is 0 Å². The second-order valence-electron chi connectivity index (χ2n) is 5.80. The molecule has 0 aliphatic heterocycles. The fourth-order valence-corrected chi connectivity index (χ4v) is 1.82. The molecule has 0 heterocycles. The third kappa shape index (κ3) is 6.85. The molecule has 0 saturated heterocycles. The Kier molecular flexibility index (Phi) is 8.01. The van der Waals surface area contributed by atoms with E-state index in [0.717, 1.165) is 6.42 Å². The highest BCUT2D eigenvalue weighted by Crippen LogP contribution is 2.15. The number of hydrogen-bond donors (Lipinski definition) is 3. The minimum Gasteiger partial charge on any atom is -0.488 e. The van der Waals surface area contributed by atoms with Crippen LogP contribution in [0.4, 0.5) is 9.18 Å². The van der Waals surface area contributed by atoms with E-state index in [0.29, 0.717) is 0 Å². The van der Waals surface area contributed by atoms with E-state index < -0.39 is 17.9 Å². The minimum absolute atomic E-state index is 0.0536. The van der Waals surface area contributed by atoms with Gasteiger partial charge < -0.3 is 20.7 Å². The number of nitrogens with one attached hydrogen (secondary N) is 3. The molecule has 1 aromatic rings. The zero-order valence-corrected chi connectivity index (χ0v) is 14.6. The molecule has 6 nitrogen and oxygen atoms in total. The van der Waals surface area contributed by atoms with Gasteiger partial charge in [0.05, 0.1) is 6.04 Å². The monoisotopic (exact) mass is 339 g/mol. The van der Waals surface area contributed by atoms with Crippen molar-refractivity contribution in [2.75, 3.05) is 6.61 Å². The lowest BCUT2D eigenvalue weighted by Crippen LogP contribution is -2.52. The van der Waals surface area contributed by atoms with Gasteiger partial charge >= 0.3 is 6.03 Å². The van der Waals surface area contributed by atoms with Crippen molar-refractivity contribution in [2.45, 2.75) is 52.2 Å². The van der Waals surface area contributed by atoms with Crippen LogP contribution in [0.5, 0.6) is 5.75 Å². The Morgan fingerprint density at radius 1 is 1.08 bits per heavy atom. The number of carbonyl (C=O) groups is 2. The summed E-state index contributed by atoms with van der Waals surface area (Å²) in [5.41, 5.74) is 0. The van der Waals surface area contributed by atoms with Crippen LogP contribution in [0.2, 0.25) is 0 Å². The van der Waals surface area contributed by atoms with Gasteiger partial charge in [0.15, 0.2) is 11.6 Å². The average molecular weight is 339 g/mol. The molecule has 0 unspecified atom stereocenters. The summed E-state index contributed by atoms with van der Waals surface area (Å²) in [5, 5.41) is 8.00. The van der Waals surface area contributed by atoms with Crippen LogP contribution in [0.1, 0.15) is 34.1 Å². The minimum atomic E-state index is -0.654. The molecule has 24 heavy (non-hydrogen) atoms. The van der Waals surface area contributed by atoms with Crippen molar-refractivity contribution < 1.29 is 18.7 Å². The summed E-state index contributed by atoms with van der Waals surface area (Å²) in [5.74, 6) is -0.563. The number of para-hydroxylation sites is 1. The van der Waals surface area contributed by atoms with E-state index in [4.69, 9.17) is 4.74 Å². The van der Waals surface area contributed by atoms with Crippen LogP contribution in [0.15, 0.2) is 24.3 Å². The molecular formula is C17H26FN3O3. The van der Waals surface area contributed by atoms with E-state index in [1.165, 1.54) is 12.1 Å². The largest absolute Gasteiger partial charge is 0.488 e. The van der Waals surface area contributed by atoms with Gasteiger partial charge in [-0.2, -0.15) is 0 Å². The molecule has 0 radical (unpaired) electrons. The van der Waals surface area contributed by atoms with Crippen LogP contribution in [-0.2, 0) is 4.79 Å². The summed E-state index contributed by atoms with van der Waals surface area (Å²) < 4.78 is 18.7. The molecule has 7 heteroatoms. The van der Waals surface area contributed by atoms with Crippen molar-refractivity contribution >= 4 is 11.9 Å². The number of hydrogen-bond acceptors (Lipinski definition) is 3. The number of rotatable bonds is 8. The first kappa shape index (κ1) is 19.7. The Balaban J connectivity index is 2.36. The highest BCUT2D eigenvalue weighted by molar-refractivity contribution is 5.86. The highest BCUT2D eigenvalue weighted by Gasteiger charge is 2.18. The zero-order valence-electron chi connectivity index (χ0n) is 14.6. The molecule has 0 saturated carbocycles. The van der Waals surface area contributed by atoms with E-state index in [1.54, 1.807) is 26.0 Å². The van der Waals surface area contributed by atoms with Crippen molar-refractivity contribution in [3.05, 3.63) is 30.1 Å². The average Bonchev–Trinajstić information content (AvgIpc) is 2.53. The number of ether oxygens (including phenoxy) is 1. The normalized spacial score (nSPS) is 14.2. The summed E-state index contributed by atoms with van der Waals surface area (Å²) in [4.78, 5) is 23.7. The number of urea groups is 1. The lowest BCUT2D eigenvalue weighted by atomic mass is 10.2. The van der Waals surface area contributed by atoms with Gasteiger partial charge in [-0.05, 0) is 39.3 Å². The molecule has 3 amide bonds.